The number of phenolic OH excluding ortho intramolecular Hbond substituents is 1. The van der Waals surface area contributed by atoms with Gasteiger partial charge in [0.1, 0.15) is 12.2 Å². The molecule has 6 nitrogen and oxygen atoms in total. The number of likely N-dealkylation sites (N-methyl/N-ethyl adjacent to an activating group) is 1. The Kier molecular flexibility index (Phi) is 11.8. The standard InChI is InChI=1S/C18H34O2.C17H19NO3/c1-2-3-4-5-6-7-8-9-10-11-12-13-14-15-16-17-18(19)20;1-18-7-6-17-10-3-5-13(20)16(17)21-15-12(19)4-2-9(14(15)17)8-11(10)18/h9-10H,2-8,11-17H2,1H3,(H,19,20);2-5,10-11,13,16,19-20H,6-8H2,1H3/t;10-,11+,13-,16-,17-/m.0/s1. The monoisotopic (exact) mass is 567 g/mol. The van der Waals surface area contributed by atoms with Gasteiger partial charge in [0.15, 0.2) is 11.5 Å². The molecule has 1 fully saturated rings. The molecule has 0 radical (unpaired) electrons. The quantitative estimate of drug-likeness (QED) is 0.152. The zero-order valence-electron chi connectivity index (χ0n) is 25.4. The third kappa shape index (κ3) is 7.37. The lowest BCUT2D eigenvalue weighted by atomic mass is 9.53. The second-order valence-electron chi connectivity index (χ2n) is 12.7. The molecule has 5 atom stereocenters. The maximum Gasteiger partial charge on any atom is 0.303 e. The van der Waals surface area contributed by atoms with Crippen molar-refractivity contribution in [3.8, 4) is 11.5 Å². The molecule has 0 aromatic heterocycles. The van der Waals surface area contributed by atoms with E-state index < -0.39 is 12.1 Å². The lowest BCUT2D eigenvalue weighted by Crippen LogP contribution is -2.64. The smallest absolute Gasteiger partial charge is 0.303 e. The number of allylic oxidation sites excluding steroid dienone is 2. The minimum absolute atomic E-state index is 0.160. The van der Waals surface area contributed by atoms with E-state index in [2.05, 4.69) is 37.1 Å². The largest absolute Gasteiger partial charge is 0.504 e. The van der Waals surface area contributed by atoms with Crippen molar-refractivity contribution in [2.75, 3.05) is 13.6 Å². The van der Waals surface area contributed by atoms with Gasteiger partial charge in [0.05, 0.1) is 0 Å². The molecule has 2 aliphatic carbocycles. The summed E-state index contributed by atoms with van der Waals surface area (Å²) in [5.41, 5.74) is 2.29. The Labute approximate surface area is 247 Å². The Morgan fingerprint density at radius 2 is 1.66 bits per heavy atom. The van der Waals surface area contributed by atoms with E-state index in [1.165, 1.54) is 81.8 Å². The average molecular weight is 568 g/mol. The van der Waals surface area contributed by atoms with Crippen LogP contribution < -0.4 is 4.74 Å². The summed E-state index contributed by atoms with van der Waals surface area (Å²) in [6.45, 7) is 3.27. The van der Waals surface area contributed by atoms with Gasteiger partial charge < -0.3 is 25.0 Å². The molecule has 1 saturated heterocycles. The fourth-order valence-electron chi connectivity index (χ4n) is 7.59. The molecule has 0 amide bonds. The Bertz CT molecular complexity index is 1050. The summed E-state index contributed by atoms with van der Waals surface area (Å²) in [4.78, 5) is 12.8. The van der Waals surface area contributed by atoms with Gasteiger partial charge in [-0.3, -0.25) is 4.79 Å². The molecule has 0 saturated carbocycles. The Morgan fingerprint density at radius 3 is 2.34 bits per heavy atom. The van der Waals surface area contributed by atoms with Crippen LogP contribution in [0.2, 0.25) is 0 Å². The van der Waals surface area contributed by atoms with Crippen LogP contribution in [0.5, 0.6) is 11.5 Å². The maximum absolute atomic E-state index is 10.4. The van der Waals surface area contributed by atoms with Crippen LogP contribution in [0, 0.1) is 5.92 Å². The number of ether oxygens (including phenoxy) is 1. The summed E-state index contributed by atoms with van der Waals surface area (Å²) in [6, 6.07) is 4.23. The highest BCUT2D eigenvalue weighted by Crippen LogP contribution is 2.62. The number of carboxylic acid groups (broad SMARTS) is 1. The summed E-state index contributed by atoms with van der Waals surface area (Å²) in [7, 11) is 2.19. The fourth-order valence-corrected chi connectivity index (χ4v) is 7.59. The predicted molar refractivity (Wildman–Crippen MR) is 165 cm³/mol. The van der Waals surface area contributed by atoms with Crippen LogP contribution in [0.25, 0.3) is 0 Å². The number of rotatable bonds is 15. The third-order valence-electron chi connectivity index (χ3n) is 9.80. The van der Waals surface area contributed by atoms with E-state index in [1.54, 1.807) is 6.07 Å². The Balaban J connectivity index is 0.000000190. The first-order chi connectivity index (χ1) is 19.9. The van der Waals surface area contributed by atoms with E-state index in [9.17, 15) is 15.0 Å². The van der Waals surface area contributed by atoms with Crippen LogP contribution in [0.15, 0.2) is 36.4 Å². The topological polar surface area (TPSA) is 90.2 Å². The number of aliphatic carboxylic acids is 1. The minimum atomic E-state index is -0.664. The second-order valence-corrected chi connectivity index (χ2v) is 12.7. The molecule has 41 heavy (non-hydrogen) atoms. The summed E-state index contributed by atoms with van der Waals surface area (Å²) >= 11 is 0. The number of unbranched alkanes of at least 4 members (excludes halogenated alkanes) is 11. The van der Waals surface area contributed by atoms with Crippen LogP contribution in [0.4, 0.5) is 0 Å². The van der Waals surface area contributed by atoms with Crippen molar-refractivity contribution in [3.05, 3.63) is 47.6 Å². The van der Waals surface area contributed by atoms with Gasteiger partial charge in [0.25, 0.3) is 0 Å². The van der Waals surface area contributed by atoms with Gasteiger partial charge in [-0.2, -0.15) is 0 Å². The highest BCUT2D eigenvalue weighted by molar-refractivity contribution is 5.66. The van der Waals surface area contributed by atoms with Gasteiger partial charge in [-0.05, 0) is 70.2 Å². The van der Waals surface area contributed by atoms with Crippen LogP contribution in [-0.4, -0.2) is 58.0 Å². The number of carbonyl (C=O) groups is 1. The van der Waals surface area contributed by atoms with Gasteiger partial charge in [-0.15, -0.1) is 0 Å². The van der Waals surface area contributed by atoms with E-state index in [1.807, 2.05) is 12.1 Å². The molecule has 1 aromatic rings. The van der Waals surface area contributed by atoms with Crippen molar-refractivity contribution in [1.29, 1.82) is 0 Å². The van der Waals surface area contributed by atoms with Gasteiger partial charge in [0.2, 0.25) is 0 Å². The Hall–Kier alpha value is -2.31. The number of benzene rings is 1. The number of likely N-dealkylation sites (tertiary alicyclic amines) is 1. The average Bonchev–Trinajstić information content (AvgIpc) is 3.32. The van der Waals surface area contributed by atoms with Gasteiger partial charge in [-0.1, -0.05) is 88.7 Å². The molecule has 3 N–H and O–H groups in total. The van der Waals surface area contributed by atoms with Crippen molar-refractivity contribution in [3.63, 3.8) is 0 Å². The number of nitrogens with zero attached hydrogens (tertiary/aromatic N) is 1. The Morgan fingerprint density at radius 1 is 1.00 bits per heavy atom. The van der Waals surface area contributed by atoms with Crippen LogP contribution in [0.1, 0.15) is 114 Å². The third-order valence-corrected chi connectivity index (χ3v) is 9.80. The van der Waals surface area contributed by atoms with Crippen molar-refractivity contribution >= 4 is 5.97 Å². The number of hydrogen-bond donors (Lipinski definition) is 3. The first kappa shape index (κ1) is 31.6. The number of carboxylic acids is 1. The number of piperidine rings is 1. The van der Waals surface area contributed by atoms with E-state index in [-0.39, 0.29) is 17.3 Å². The molecule has 2 bridgehead atoms. The van der Waals surface area contributed by atoms with Crippen molar-refractivity contribution in [1.82, 2.24) is 4.90 Å². The molecule has 1 spiro atoms. The molecular formula is C35H53NO5. The molecule has 228 valence electrons. The number of phenols is 1. The predicted octanol–water partition coefficient (Wildman–Crippen LogP) is 7.31. The zero-order chi connectivity index (χ0) is 29.2. The molecule has 0 unspecified atom stereocenters. The number of aromatic hydroxyl groups is 1. The molecule has 5 rings (SSSR count). The lowest BCUT2D eigenvalue weighted by molar-refractivity contribution is -0.137. The fraction of sp³-hybridized carbons (Fsp3) is 0.686. The summed E-state index contributed by atoms with van der Waals surface area (Å²) in [6.07, 6.45) is 26.4. The second kappa shape index (κ2) is 15.2. The maximum atomic E-state index is 10.4. The van der Waals surface area contributed by atoms with E-state index >= 15 is 0 Å². The normalized spacial score (nSPS) is 27.3. The number of aliphatic hydroxyl groups excluding tert-OH is 1. The zero-order valence-corrected chi connectivity index (χ0v) is 25.4. The molecule has 2 heterocycles. The van der Waals surface area contributed by atoms with Crippen LogP contribution in [0.3, 0.4) is 0 Å². The number of aliphatic hydroxyl groups is 1. The first-order valence-electron chi connectivity index (χ1n) is 16.4. The van der Waals surface area contributed by atoms with Gasteiger partial charge >= 0.3 is 5.97 Å². The minimum Gasteiger partial charge on any atom is -0.504 e. The van der Waals surface area contributed by atoms with E-state index in [0.29, 0.717) is 24.1 Å². The lowest BCUT2D eigenvalue weighted by Gasteiger charge is -2.56. The van der Waals surface area contributed by atoms with E-state index in [0.717, 1.165) is 32.2 Å². The van der Waals surface area contributed by atoms with Gasteiger partial charge in [0, 0.05) is 29.4 Å². The van der Waals surface area contributed by atoms with Crippen LogP contribution >= 0.6 is 0 Å². The van der Waals surface area contributed by atoms with E-state index in [4.69, 9.17) is 9.84 Å². The van der Waals surface area contributed by atoms with Crippen molar-refractivity contribution in [2.24, 2.45) is 5.92 Å². The summed E-state index contributed by atoms with van der Waals surface area (Å²) in [5.74, 6) is 0.525. The highest BCUT2D eigenvalue weighted by atomic mass is 16.5. The molecule has 6 heteroatoms. The first-order valence-corrected chi connectivity index (χ1v) is 16.4. The van der Waals surface area contributed by atoms with Crippen molar-refractivity contribution < 1.29 is 24.9 Å². The molecule has 2 aliphatic heterocycles. The van der Waals surface area contributed by atoms with Gasteiger partial charge in [-0.25, -0.2) is 0 Å². The summed E-state index contributed by atoms with van der Waals surface area (Å²) in [5, 5.41) is 29.2. The number of hydrogen-bond acceptors (Lipinski definition) is 5. The van der Waals surface area contributed by atoms with Crippen molar-refractivity contribution in [2.45, 2.75) is 133 Å². The summed E-state index contributed by atoms with van der Waals surface area (Å²) < 4.78 is 6.09. The molecule has 1 aromatic carbocycles. The highest BCUT2D eigenvalue weighted by Gasteiger charge is 2.64. The molecular weight excluding hydrogens is 514 g/mol. The molecule has 4 aliphatic rings. The van der Waals surface area contributed by atoms with Crippen LogP contribution in [-0.2, 0) is 16.6 Å². The SMILES string of the molecule is CCCCCCCCC=CCCCCCCCC(=O)O.CN1CC[C@]23c4c5ccc(O)c4O[C@H]2[C@@H](O)C=C[C@H]3[C@H]1C5.